The van der Waals surface area contributed by atoms with Crippen molar-refractivity contribution in [2.24, 2.45) is 0 Å². The summed E-state index contributed by atoms with van der Waals surface area (Å²) in [4.78, 5) is 0. The molecule has 0 N–H and O–H groups in total. The average molecular weight is 306 g/mol. The van der Waals surface area contributed by atoms with E-state index in [4.69, 9.17) is 0 Å². The van der Waals surface area contributed by atoms with Gasteiger partial charge in [-0.3, -0.25) is 0 Å². The van der Waals surface area contributed by atoms with Crippen LogP contribution < -0.4 is 0 Å². The van der Waals surface area contributed by atoms with E-state index in [-0.39, 0.29) is 12.8 Å². The standard InChI is InChI=1S/C9H11F9O/c1-2-3-4-5-19-6(7(10,11)12,8(13,14)15)9(16,17)18/h2-5H2,1H3. The number of alkyl halides is 9. The van der Waals surface area contributed by atoms with E-state index in [0.717, 1.165) is 0 Å². The molecule has 0 spiro atoms. The van der Waals surface area contributed by atoms with Crippen molar-refractivity contribution in [1.29, 1.82) is 0 Å². The van der Waals surface area contributed by atoms with Crippen molar-refractivity contribution in [1.82, 2.24) is 0 Å². The fraction of sp³-hybridized carbons (Fsp3) is 1.00. The Kier molecular flexibility index (Phi) is 5.56. The first kappa shape index (κ1) is 18.3. The maximum Gasteiger partial charge on any atom is 0.435 e. The number of rotatable bonds is 5. The lowest BCUT2D eigenvalue weighted by molar-refractivity contribution is -0.457. The Morgan fingerprint density at radius 1 is 0.684 bits per heavy atom. The van der Waals surface area contributed by atoms with Gasteiger partial charge in [-0.1, -0.05) is 19.8 Å². The van der Waals surface area contributed by atoms with Crippen LogP contribution in [0.5, 0.6) is 0 Å². The molecule has 0 rings (SSSR count). The maximum atomic E-state index is 12.3. The van der Waals surface area contributed by atoms with E-state index in [9.17, 15) is 39.5 Å². The van der Waals surface area contributed by atoms with Gasteiger partial charge in [0.1, 0.15) is 0 Å². The molecule has 19 heavy (non-hydrogen) atoms. The molecule has 0 bridgehead atoms. The topological polar surface area (TPSA) is 9.23 Å². The molecule has 0 aliphatic carbocycles. The van der Waals surface area contributed by atoms with Gasteiger partial charge in [-0.2, -0.15) is 39.5 Å². The van der Waals surface area contributed by atoms with Crippen molar-refractivity contribution in [2.75, 3.05) is 6.61 Å². The predicted molar refractivity (Wildman–Crippen MR) is 46.4 cm³/mol. The van der Waals surface area contributed by atoms with E-state index in [1.807, 2.05) is 0 Å². The Morgan fingerprint density at radius 3 is 1.32 bits per heavy atom. The molecule has 0 aromatic carbocycles. The molecule has 0 amide bonds. The Hall–Kier alpha value is -0.670. The van der Waals surface area contributed by atoms with E-state index in [1.165, 1.54) is 0 Å². The van der Waals surface area contributed by atoms with E-state index in [0.29, 0.717) is 6.42 Å². The second-order valence-electron chi connectivity index (χ2n) is 3.73. The van der Waals surface area contributed by atoms with Crippen molar-refractivity contribution in [2.45, 2.75) is 50.3 Å². The largest absolute Gasteiger partial charge is 0.435 e. The van der Waals surface area contributed by atoms with Gasteiger partial charge in [0.15, 0.2) is 0 Å². The van der Waals surface area contributed by atoms with Crippen LogP contribution in [0.2, 0.25) is 0 Å². The van der Waals surface area contributed by atoms with Crippen molar-refractivity contribution < 1.29 is 44.3 Å². The van der Waals surface area contributed by atoms with Gasteiger partial charge in [-0.25, -0.2) is 0 Å². The summed E-state index contributed by atoms with van der Waals surface area (Å²) >= 11 is 0. The lowest BCUT2D eigenvalue weighted by Gasteiger charge is -2.38. The first-order chi connectivity index (χ1) is 8.31. The molecule has 0 heterocycles. The quantitative estimate of drug-likeness (QED) is 0.532. The Bertz CT molecular complexity index is 239. The van der Waals surface area contributed by atoms with Gasteiger partial charge in [0.05, 0.1) is 0 Å². The highest BCUT2D eigenvalue weighted by Crippen LogP contribution is 2.54. The number of halogens is 9. The van der Waals surface area contributed by atoms with Crippen molar-refractivity contribution >= 4 is 0 Å². The van der Waals surface area contributed by atoms with Crippen LogP contribution in [0.25, 0.3) is 0 Å². The monoisotopic (exact) mass is 306 g/mol. The van der Waals surface area contributed by atoms with E-state index in [2.05, 4.69) is 4.74 Å². The fourth-order valence-corrected chi connectivity index (χ4v) is 1.30. The molecule has 116 valence electrons. The van der Waals surface area contributed by atoms with Crippen LogP contribution in [0.3, 0.4) is 0 Å². The number of hydrogen-bond acceptors (Lipinski definition) is 1. The molecule has 0 aromatic rings. The summed E-state index contributed by atoms with van der Waals surface area (Å²) in [6.07, 6.45) is -19.7. The summed E-state index contributed by atoms with van der Waals surface area (Å²) in [7, 11) is 0. The Labute approximate surface area is 102 Å². The SMILES string of the molecule is CCCCCOC(C(F)(F)F)(C(F)(F)F)C(F)(F)F. The minimum Gasteiger partial charge on any atom is -0.351 e. The van der Waals surface area contributed by atoms with Crippen molar-refractivity contribution in [3.63, 3.8) is 0 Å². The second kappa shape index (κ2) is 5.76. The van der Waals surface area contributed by atoms with Crippen LogP contribution in [-0.2, 0) is 4.74 Å². The third-order valence-corrected chi connectivity index (χ3v) is 2.26. The molecule has 0 radical (unpaired) electrons. The first-order valence-corrected chi connectivity index (χ1v) is 5.15. The molecule has 0 atom stereocenters. The van der Waals surface area contributed by atoms with Crippen LogP contribution >= 0.6 is 0 Å². The molecule has 0 aromatic heterocycles. The Morgan fingerprint density at radius 2 is 1.05 bits per heavy atom. The van der Waals surface area contributed by atoms with Crippen molar-refractivity contribution in [3.8, 4) is 0 Å². The molecule has 0 unspecified atom stereocenters. The zero-order chi connectivity index (χ0) is 15.5. The van der Waals surface area contributed by atoms with E-state index in [1.54, 1.807) is 6.92 Å². The van der Waals surface area contributed by atoms with Crippen LogP contribution in [0.1, 0.15) is 26.2 Å². The van der Waals surface area contributed by atoms with Crippen LogP contribution in [0, 0.1) is 0 Å². The Balaban J connectivity index is 5.44. The van der Waals surface area contributed by atoms with Gasteiger partial charge in [-0.15, -0.1) is 0 Å². The summed E-state index contributed by atoms with van der Waals surface area (Å²) in [5.74, 6) is 0. The smallest absolute Gasteiger partial charge is 0.351 e. The molecule has 0 fully saturated rings. The molecule has 0 aliphatic rings. The summed E-state index contributed by atoms with van der Waals surface area (Å²) in [6.45, 7) is 0.289. The molecular weight excluding hydrogens is 295 g/mol. The number of hydrogen-bond donors (Lipinski definition) is 0. The molecular formula is C9H11F9O. The fourth-order valence-electron chi connectivity index (χ4n) is 1.30. The zero-order valence-corrected chi connectivity index (χ0v) is 9.64. The third kappa shape index (κ3) is 3.67. The molecule has 1 nitrogen and oxygen atoms in total. The predicted octanol–water partition coefficient (Wildman–Crippen LogP) is 4.62. The van der Waals surface area contributed by atoms with Crippen LogP contribution in [0.15, 0.2) is 0 Å². The summed E-state index contributed by atoms with van der Waals surface area (Å²) in [5, 5.41) is 0. The summed E-state index contributed by atoms with van der Waals surface area (Å²) in [5.41, 5.74) is -6.14. The highest BCUT2D eigenvalue weighted by atomic mass is 19.4. The second-order valence-corrected chi connectivity index (χ2v) is 3.73. The van der Waals surface area contributed by atoms with Crippen LogP contribution in [-0.4, -0.2) is 30.7 Å². The van der Waals surface area contributed by atoms with Gasteiger partial charge >= 0.3 is 24.1 Å². The molecule has 0 aliphatic heterocycles. The molecule has 0 saturated carbocycles. The van der Waals surface area contributed by atoms with Gasteiger partial charge in [0.25, 0.3) is 0 Å². The highest BCUT2D eigenvalue weighted by molar-refractivity contribution is 5.02. The van der Waals surface area contributed by atoms with Gasteiger partial charge in [0, 0.05) is 6.61 Å². The number of unbranched alkanes of at least 4 members (excludes halogenated alkanes) is 2. The van der Waals surface area contributed by atoms with Crippen LogP contribution in [0.4, 0.5) is 39.5 Å². The average Bonchev–Trinajstić information content (AvgIpc) is 2.10. The molecule has 0 saturated heterocycles. The molecule has 10 heteroatoms. The summed E-state index contributed by atoms with van der Waals surface area (Å²) in [6, 6.07) is 0. The minimum absolute atomic E-state index is 0.156. The van der Waals surface area contributed by atoms with Gasteiger partial charge < -0.3 is 4.74 Å². The van der Waals surface area contributed by atoms with Crippen molar-refractivity contribution in [3.05, 3.63) is 0 Å². The normalized spacial score (nSPS) is 14.8. The maximum absolute atomic E-state index is 12.3. The first-order valence-electron chi connectivity index (χ1n) is 5.15. The number of ether oxygens (including phenoxy) is 1. The minimum atomic E-state index is -6.64. The summed E-state index contributed by atoms with van der Waals surface area (Å²) < 4.78 is 114. The van der Waals surface area contributed by atoms with E-state index >= 15 is 0 Å². The highest BCUT2D eigenvalue weighted by Gasteiger charge is 2.85. The third-order valence-electron chi connectivity index (χ3n) is 2.26. The zero-order valence-electron chi connectivity index (χ0n) is 9.64. The van der Waals surface area contributed by atoms with E-state index < -0.39 is 30.7 Å². The van der Waals surface area contributed by atoms with Gasteiger partial charge in [0.2, 0.25) is 0 Å². The lowest BCUT2D eigenvalue weighted by Crippen LogP contribution is -2.67. The van der Waals surface area contributed by atoms with Gasteiger partial charge in [-0.05, 0) is 6.42 Å². The lowest BCUT2D eigenvalue weighted by atomic mass is 10.0.